The largest absolute Gasteiger partial charge is 0.467 e. The van der Waals surface area contributed by atoms with Crippen molar-refractivity contribution in [3.63, 3.8) is 0 Å². The molecule has 1 rings (SSSR count). The van der Waals surface area contributed by atoms with E-state index in [-0.39, 0.29) is 5.91 Å². The van der Waals surface area contributed by atoms with Crippen LogP contribution in [0.2, 0.25) is 0 Å². The highest BCUT2D eigenvalue weighted by Crippen LogP contribution is 2.19. The summed E-state index contributed by atoms with van der Waals surface area (Å²) in [5, 5.41) is 5.66. The third kappa shape index (κ3) is 6.86. The van der Waals surface area contributed by atoms with E-state index in [0.717, 1.165) is 12.8 Å². The van der Waals surface area contributed by atoms with E-state index in [1.165, 1.54) is 33.3 Å². The average Bonchev–Trinajstić information content (AvgIpc) is 2.45. The first kappa shape index (κ1) is 16.9. The van der Waals surface area contributed by atoms with E-state index < -0.39 is 12.0 Å². The summed E-state index contributed by atoms with van der Waals surface area (Å²) < 4.78 is 10.4. The van der Waals surface area contributed by atoms with Crippen LogP contribution in [0.15, 0.2) is 0 Å². The van der Waals surface area contributed by atoms with Crippen molar-refractivity contribution in [3.05, 3.63) is 0 Å². The standard InChI is InChI=1S/C14H26N2O4/c1-11(17)16-13(14(18)19-2)10-15-8-9-20-12-6-4-3-5-7-12/h12-13,15H,3-10H2,1-2H3,(H,16,17). The maximum atomic E-state index is 11.5. The maximum absolute atomic E-state index is 11.5. The van der Waals surface area contributed by atoms with Crippen molar-refractivity contribution in [2.45, 2.75) is 51.2 Å². The van der Waals surface area contributed by atoms with Crippen LogP contribution in [0.25, 0.3) is 0 Å². The number of amides is 1. The Balaban J connectivity index is 2.13. The zero-order valence-electron chi connectivity index (χ0n) is 12.4. The van der Waals surface area contributed by atoms with E-state index in [2.05, 4.69) is 15.4 Å². The van der Waals surface area contributed by atoms with Crippen molar-refractivity contribution in [3.8, 4) is 0 Å². The van der Waals surface area contributed by atoms with E-state index in [1.807, 2.05) is 0 Å². The number of carbonyl (C=O) groups is 2. The minimum absolute atomic E-state index is 0.249. The molecule has 0 aromatic carbocycles. The second-order valence-corrected chi connectivity index (χ2v) is 5.11. The lowest BCUT2D eigenvalue weighted by Crippen LogP contribution is -2.47. The predicted octanol–water partition coefficient (Wildman–Crippen LogP) is 0.603. The monoisotopic (exact) mass is 286 g/mol. The topological polar surface area (TPSA) is 76.7 Å². The molecule has 116 valence electrons. The van der Waals surface area contributed by atoms with Gasteiger partial charge in [-0.2, -0.15) is 0 Å². The number of esters is 1. The second-order valence-electron chi connectivity index (χ2n) is 5.11. The molecule has 0 heterocycles. The van der Waals surface area contributed by atoms with Gasteiger partial charge in [0.05, 0.1) is 19.8 Å². The average molecular weight is 286 g/mol. The quantitative estimate of drug-likeness (QED) is 0.505. The molecule has 0 radical (unpaired) electrons. The van der Waals surface area contributed by atoms with Gasteiger partial charge in [-0.1, -0.05) is 19.3 Å². The van der Waals surface area contributed by atoms with Crippen LogP contribution in [0.1, 0.15) is 39.0 Å². The Hall–Kier alpha value is -1.14. The van der Waals surface area contributed by atoms with Gasteiger partial charge >= 0.3 is 5.97 Å². The van der Waals surface area contributed by atoms with Crippen LogP contribution in [-0.2, 0) is 19.1 Å². The van der Waals surface area contributed by atoms with Crippen LogP contribution in [0.3, 0.4) is 0 Å². The molecule has 1 aliphatic rings. The fourth-order valence-corrected chi connectivity index (χ4v) is 2.36. The molecular formula is C14H26N2O4. The summed E-state index contributed by atoms with van der Waals surface area (Å²) in [6, 6.07) is -0.646. The van der Waals surface area contributed by atoms with Gasteiger partial charge < -0.3 is 20.1 Å². The molecule has 1 atom stereocenters. The van der Waals surface area contributed by atoms with Crippen LogP contribution in [0.5, 0.6) is 0 Å². The van der Waals surface area contributed by atoms with Crippen molar-refractivity contribution < 1.29 is 19.1 Å². The Labute approximate surface area is 120 Å². The predicted molar refractivity (Wildman–Crippen MR) is 75.3 cm³/mol. The Bertz CT molecular complexity index is 304. The fourth-order valence-electron chi connectivity index (χ4n) is 2.36. The molecule has 1 aliphatic carbocycles. The normalized spacial score (nSPS) is 17.5. The maximum Gasteiger partial charge on any atom is 0.329 e. The SMILES string of the molecule is COC(=O)C(CNCCOC1CCCCC1)NC(C)=O. The van der Waals surface area contributed by atoms with Crippen molar-refractivity contribution in [1.29, 1.82) is 0 Å². The van der Waals surface area contributed by atoms with Gasteiger partial charge in [-0.05, 0) is 12.8 Å². The summed E-state index contributed by atoms with van der Waals surface area (Å²) in [5.74, 6) is -0.693. The Morgan fingerprint density at radius 1 is 1.25 bits per heavy atom. The Kier molecular flexibility index (Phi) is 8.22. The number of hydrogen-bond acceptors (Lipinski definition) is 5. The Morgan fingerprint density at radius 2 is 1.95 bits per heavy atom. The molecule has 6 nitrogen and oxygen atoms in total. The summed E-state index contributed by atoms with van der Waals surface area (Å²) in [6.07, 6.45) is 6.51. The minimum Gasteiger partial charge on any atom is -0.467 e. The van der Waals surface area contributed by atoms with Crippen molar-refractivity contribution in [1.82, 2.24) is 10.6 Å². The Morgan fingerprint density at radius 3 is 2.55 bits per heavy atom. The van der Waals surface area contributed by atoms with E-state index in [0.29, 0.717) is 25.8 Å². The van der Waals surface area contributed by atoms with Crippen molar-refractivity contribution in [2.24, 2.45) is 0 Å². The lowest BCUT2D eigenvalue weighted by atomic mass is 9.98. The highest BCUT2D eigenvalue weighted by Gasteiger charge is 2.19. The molecule has 1 fully saturated rings. The molecule has 1 amide bonds. The molecular weight excluding hydrogens is 260 g/mol. The van der Waals surface area contributed by atoms with Gasteiger partial charge in [0.1, 0.15) is 6.04 Å². The molecule has 0 aromatic rings. The zero-order chi connectivity index (χ0) is 14.8. The summed E-state index contributed by atoms with van der Waals surface area (Å²) in [6.45, 7) is 3.00. The molecule has 0 bridgehead atoms. The van der Waals surface area contributed by atoms with Gasteiger partial charge in [-0.3, -0.25) is 4.79 Å². The molecule has 1 unspecified atom stereocenters. The number of ether oxygens (including phenoxy) is 2. The third-order valence-electron chi connectivity index (χ3n) is 3.40. The highest BCUT2D eigenvalue weighted by molar-refractivity contribution is 5.83. The van der Waals surface area contributed by atoms with E-state index in [1.54, 1.807) is 0 Å². The molecule has 6 heteroatoms. The second kappa shape index (κ2) is 9.72. The lowest BCUT2D eigenvalue weighted by molar-refractivity contribution is -0.144. The van der Waals surface area contributed by atoms with Crippen molar-refractivity contribution >= 4 is 11.9 Å². The van der Waals surface area contributed by atoms with Crippen LogP contribution in [0, 0.1) is 0 Å². The van der Waals surface area contributed by atoms with Gasteiger partial charge in [-0.25, -0.2) is 4.79 Å². The van der Waals surface area contributed by atoms with E-state index in [9.17, 15) is 9.59 Å². The smallest absolute Gasteiger partial charge is 0.329 e. The number of nitrogens with one attached hydrogen (secondary N) is 2. The van der Waals surface area contributed by atoms with Gasteiger partial charge in [0.15, 0.2) is 0 Å². The lowest BCUT2D eigenvalue weighted by Gasteiger charge is -2.22. The molecule has 0 aliphatic heterocycles. The van der Waals surface area contributed by atoms with Gasteiger partial charge in [-0.15, -0.1) is 0 Å². The van der Waals surface area contributed by atoms with Crippen molar-refractivity contribution in [2.75, 3.05) is 26.8 Å². The first-order valence-corrected chi connectivity index (χ1v) is 7.30. The van der Waals surface area contributed by atoms with E-state index in [4.69, 9.17) is 4.74 Å². The molecule has 0 spiro atoms. The van der Waals surface area contributed by atoms with Crippen LogP contribution in [0.4, 0.5) is 0 Å². The van der Waals surface area contributed by atoms with Crippen LogP contribution >= 0.6 is 0 Å². The first-order valence-electron chi connectivity index (χ1n) is 7.30. The third-order valence-corrected chi connectivity index (χ3v) is 3.40. The van der Waals surface area contributed by atoms with Gasteiger partial charge in [0, 0.05) is 20.0 Å². The van der Waals surface area contributed by atoms with Crippen LogP contribution in [-0.4, -0.2) is 50.8 Å². The van der Waals surface area contributed by atoms with E-state index >= 15 is 0 Å². The summed E-state index contributed by atoms with van der Waals surface area (Å²) in [7, 11) is 1.31. The molecule has 1 saturated carbocycles. The molecule has 0 saturated heterocycles. The molecule has 0 aromatic heterocycles. The molecule has 2 N–H and O–H groups in total. The summed E-state index contributed by atoms with van der Waals surface area (Å²) >= 11 is 0. The first-order chi connectivity index (χ1) is 9.63. The summed E-state index contributed by atoms with van der Waals surface area (Å²) in [4.78, 5) is 22.4. The van der Waals surface area contributed by atoms with Gasteiger partial charge in [0.25, 0.3) is 0 Å². The summed E-state index contributed by atoms with van der Waals surface area (Å²) in [5.41, 5.74) is 0. The number of methoxy groups -OCH3 is 1. The van der Waals surface area contributed by atoms with Crippen LogP contribution < -0.4 is 10.6 Å². The number of carbonyl (C=O) groups excluding carboxylic acids is 2. The zero-order valence-corrected chi connectivity index (χ0v) is 12.4. The number of hydrogen-bond donors (Lipinski definition) is 2. The highest BCUT2D eigenvalue weighted by atomic mass is 16.5. The fraction of sp³-hybridized carbons (Fsp3) is 0.857. The number of rotatable bonds is 8. The van der Waals surface area contributed by atoms with Gasteiger partial charge in [0.2, 0.25) is 5.91 Å². The minimum atomic E-state index is -0.646. The molecule has 20 heavy (non-hydrogen) atoms.